The van der Waals surface area contributed by atoms with Crippen LogP contribution in [0, 0.1) is 0 Å². The third kappa shape index (κ3) is 1.79. The molecule has 0 saturated heterocycles. The standard InChI is InChI=1S/C15H17NO3/c1-4-18-14(17)12-7-9-11(16-12)6-5-10-13(9)19-8-15(10,2)3/h5-7,16H,4,8H2,1-3H3. The summed E-state index contributed by atoms with van der Waals surface area (Å²) in [6.45, 7) is 7.15. The number of esters is 1. The fraction of sp³-hybridized carbons (Fsp3) is 0.400. The Labute approximate surface area is 111 Å². The highest BCUT2D eigenvalue weighted by molar-refractivity contribution is 5.98. The highest BCUT2D eigenvalue weighted by Gasteiger charge is 2.33. The largest absolute Gasteiger partial charge is 0.492 e. The van der Waals surface area contributed by atoms with E-state index >= 15 is 0 Å². The summed E-state index contributed by atoms with van der Waals surface area (Å²) < 4.78 is 10.8. The van der Waals surface area contributed by atoms with E-state index in [2.05, 4.69) is 24.9 Å². The number of rotatable bonds is 2. The Balaban J connectivity index is 2.13. The van der Waals surface area contributed by atoms with Crippen molar-refractivity contribution in [2.45, 2.75) is 26.2 Å². The van der Waals surface area contributed by atoms with Gasteiger partial charge in [-0.3, -0.25) is 0 Å². The molecule has 0 aliphatic carbocycles. The smallest absolute Gasteiger partial charge is 0.354 e. The number of hydrogen-bond donors (Lipinski definition) is 1. The Morgan fingerprint density at radius 3 is 3.00 bits per heavy atom. The van der Waals surface area contributed by atoms with Gasteiger partial charge < -0.3 is 14.5 Å². The van der Waals surface area contributed by atoms with Crippen LogP contribution < -0.4 is 4.74 Å². The van der Waals surface area contributed by atoms with E-state index in [0.29, 0.717) is 18.9 Å². The zero-order valence-corrected chi connectivity index (χ0v) is 11.4. The van der Waals surface area contributed by atoms with Crippen molar-refractivity contribution in [3.8, 4) is 5.75 Å². The van der Waals surface area contributed by atoms with E-state index in [-0.39, 0.29) is 11.4 Å². The van der Waals surface area contributed by atoms with Crippen LogP contribution >= 0.6 is 0 Å². The van der Waals surface area contributed by atoms with Crippen molar-refractivity contribution in [1.82, 2.24) is 4.98 Å². The van der Waals surface area contributed by atoms with Crippen LogP contribution in [0.25, 0.3) is 10.9 Å². The van der Waals surface area contributed by atoms with Crippen molar-refractivity contribution in [3.63, 3.8) is 0 Å². The Hall–Kier alpha value is -1.97. The van der Waals surface area contributed by atoms with E-state index in [1.807, 2.05) is 12.1 Å². The highest BCUT2D eigenvalue weighted by Crippen LogP contribution is 2.43. The lowest BCUT2D eigenvalue weighted by Gasteiger charge is -2.14. The molecular formula is C15H17NO3. The molecule has 1 aliphatic heterocycles. The zero-order valence-electron chi connectivity index (χ0n) is 11.4. The van der Waals surface area contributed by atoms with Gasteiger partial charge in [0, 0.05) is 21.9 Å². The molecule has 0 fully saturated rings. The van der Waals surface area contributed by atoms with Crippen molar-refractivity contribution in [2.75, 3.05) is 13.2 Å². The molecule has 0 amide bonds. The summed E-state index contributed by atoms with van der Waals surface area (Å²) in [5, 5.41) is 0.950. The molecule has 100 valence electrons. The van der Waals surface area contributed by atoms with Gasteiger partial charge >= 0.3 is 5.97 Å². The second-order valence-corrected chi connectivity index (χ2v) is 5.48. The van der Waals surface area contributed by atoms with Gasteiger partial charge in [-0.05, 0) is 19.1 Å². The van der Waals surface area contributed by atoms with E-state index in [0.717, 1.165) is 16.7 Å². The Morgan fingerprint density at radius 1 is 1.47 bits per heavy atom. The molecule has 4 nitrogen and oxygen atoms in total. The number of aromatic nitrogens is 1. The van der Waals surface area contributed by atoms with Gasteiger partial charge in [0.05, 0.1) is 13.2 Å². The van der Waals surface area contributed by atoms with Gasteiger partial charge in [-0.2, -0.15) is 0 Å². The number of carbonyl (C=O) groups excluding carboxylic acids is 1. The van der Waals surface area contributed by atoms with Crippen molar-refractivity contribution < 1.29 is 14.3 Å². The minimum absolute atomic E-state index is 0.0187. The molecule has 1 N–H and O–H groups in total. The van der Waals surface area contributed by atoms with Crippen LogP contribution in [0.4, 0.5) is 0 Å². The quantitative estimate of drug-likeness (QED) is 0.843. The van der Waals surface area contributed by atoms with E-state index < -0.39 is 0 Å². The fourth-order valence-corrected chi connectivity index (χ4v) is 2.51. The van der Waals surface area contributed by atoms with E-state index in [9.17, 15) is 4.79 Å². The van der Waals surface area contributed by atoms with E-state index in [1.54, 1.807) is 6.92 Å². The van der Waals surface area contributed by atoms with Gasteiger partial charge in [-0.25, -0.2) is 4.79 Å². The topological polar surface area (TPSA) is 51.3 Å². The van der Waals surface area contributed by atoms with Gasteiger partial charge in [-0.15, -0.1) is 0 Å². The first-order valence-corrected chi connectivity index (χ1v) is 6.49. The van der Waals surface area contributed by atoms with Gasteiger partial charge in [-0.1, -0.05) is 19.9 Å². The SMILES string of the molecule is CCOC(=O)c1cc2c3c(ccc2[nH]1)C(C)(C)CO3. The second-order valence-electron chi connectivity index (χ2n) is 5.48. The van der Waals surface area contributed by atoms with Crippen LogP contribution in [-0.4, -0.2) is 24.2 Å². The number of hydrogen-bond acceptors (Lipinski definition) is 3. The molecule has 3 rings (SSSR count). The van der Waals surface area contributed by atoms with Crippen LogP contribution in [0.5, 0.6) is 5.75 Å². The number of H-pyrrole nitrogens is 1. The molecule has 0 radical (unpaired) electrons. The Kier molecular flexibility index (Phi) is 2.55. The molecule has 0 spiro atoms. The summed E-state index contributed by atoms with van der Waals surface area (Å²) in [4.78, 5) is 14.8. The first-order valence-electron chi connectivity index (χ1n) is 6.49. The van der Waals surface area contributed by atoms with Gasteiger partial charge in [0.1, 0.15) is 11.4 Å². The fourth-order valence-electron chi connectivity index (χ4n) is 2.51. The molecule has 1 aliphatic rings. The predicted molar refractivity (Wildman–Crippen MR) is 72.8 cm³/mol. The molecule has 0 unspecified atom stereocenters. The summed E-state index contributed by atoms with van der Waals surface area (Å²) in [5.41, 5.74) is 2.58. The van der Waals surface area contributed by atoms with Crippen molar-refractivity contribution in [2.24, 2.45) is 0 Å². The van der Waals surface area contributed by atoms with E-state index in [4.69, 9.17) is 9.47 Å². The van der Waals surface area contributed by atoms with Crippen LogP contribution in [0.2, 0.25) is 0 Å². The third-order valence-corrected chi connectivity index (χ3v) is 3.56. The number of fused-ring (bicyclic) bond motifs is 3. The average Bonchev–Trinajstić information content (AvgIpc) is 2.91. The summed E-state index contributed by atoms with van der Waals surface area (Å²) in [5.74, 6) is 0.555. The summed E-state index contributed by atoms with van der Waals surface area (Å²) >= 11 is 0. The second kappa shape index (κ2) is 4.02. The lowest BCUT2D eigenvalue weighted by molar-refractivity contribution is 0.0520. The number of benzene rings is 1. The predicted octanol–water partition coefficient (Wildman–Crippen LogP) is 3.01. The third-order valence-electron chi connectivity index (χ3n) is 3.56. The van der Waals surface area contributed by atoms with Crippen LogP contribution in [-0.2, 0) is 10.2 Å². The molecule has 0 saturated carbocycles. The molecule has 1 aromatic carbocycles. The normalized spacial score (nSPS) is 16.2. The van der Waals surface area contributed by atoms with Gasteiger partial charge in [0.2, 0.25) is 0 Å². The van der Waals surface area contributed by atoms with Crippen LogP contribution in [0.1, 0.15) is 36.8 Å². The Bertz CT molecular complexity index is 655. The lowest BCUT2D eigenvalue weighted by atomic mass is 9.86. The molecule has 2 aromatic rings. The molecule has 4 heteroatoms. The van der Waals surface area contributed by atoms with E-state index in [1.165, 1.54) is 5.56 Å². The summed E-state index contributed by atoms with van der Waals surface area (Å²) in [6.07, 6.45) is 0. The van der Waals surface area contributed by atoms with Crippen LogP contribution in [0.15, 0.2) is 18.2 Å². The molecule has 0 atom stereocenters. The molecule has 19 heavy (non-hydrogen) atoms. The van der Waals surface area contributed by atoms with Crippen molar-refractivity contribution in [1.29, 1.82) is 0 Å². The molecule has 2 heterocycles. The van der Waals surface area contributed by atoms with Gasteiger partial charge in [0.25, 0.3) is 0 Å². The van der Waals surface area contributed by atoms with Crippen molar-refractivity contribution in [3.05, 3.63) is 29.5 Å². The van der Waals surface area contributed by atoms with Crippen molar-refractivity contribution >= 4 is 16.9 Å². The zero-order chi connectivity index (χ0) is 13.6. The first-order chi connectivity index (χ1) is 9.03. The number of aromatic amines is 1. The number of nitrogens with one attached hydrogen (secondary N) is 1. The molecular weight excluding hydrogens is 242 g/mol. The van der Waals surface area contributed by atoms with Crippen LogP contribution in [0.3, 0.4) is 0 Å². The minimum Gasteiger partial charge on any atom is -0.492 e. The number of carbonyl (C=O) groups is 1. The molecule has 0 bridgehead atoms. The lowest BCUT2D eigenvalue weighted by Crippen LogP contribution is -2.18. The Morgan fingerprint density at radius 2 is 2.26 bits per heavy atom. The van der Waals surface area contributed by atoms with Gasteiger partial charge in [0.15, 0.2) is 0 Å². The maximum atomic E-state index is 11.7. The first kappa shape index (κ1) is 12.1. The molecule has 1 aromatic heterocycles. The maximum Gasteiger partial charge on any atom is 0.354 e. The highest BCUT2D eigenvalue weighted by atomic mass is 16.5. The number of ether oxygens (including phenoxy) is 2. The average molecular weight is 259 g/mol. The maximum absolute atomic E-state index is 11.7. The summed E-state index contributed by atoms with van der Waals surface area (Å²) in [7, 11) is 0. The minimum atomic E-state index is -0.329. The monoisotopic (exact) mass is 259 g/mol. The summed E-state index contributed by atoms with van der Waals surface area (Å²) in [6, 6.07) is 5.87.